The Morgan fingerprint density at radius 2 is 2.15 bits per heavy atom. The lowest BCUT2D eigenvalue weighted by Crippen LogP contribution is -2.40. The molecule has 1 aromatic rings. The molecule has 6 heteroatoms. The number of carboxylic acids is 1. The van der Waals surface area contributed by atoms with E-state index in [0.717, 1.165) is 5.69 Å². The lowest BCUT2D eigenvalue weighted by molar-refractivity contribution is -0.139. The second-order valence-corrected chi connectivity index (χ2v) is 4.90. The molecular formula is C14H21N3O3. The van der Waals surface area contributed by atoms with E-state index in [1.807, 2.05) is 13.8 Å². The number of carbonyl (C=O) groups is 2. The van der Waals surface area contributed by atoms with E-state index < -0.39 is 17.9 Å². The maximum atomic E-state index is 12.0. The highest BCUT2D eigenvalue weighted by Gasteiger charge is 2.21. The summed E-state index contributed by atoms with van der Waals surface area (Å²) in [5.41, 5.74) is 1.17. The number of rotatable bonds is 6. The number of carboxylic acid groups (broad SMARTS) is 1. The zero-order valence-corrected chi connectivity index (χ0v) is 12.3. The molecule has 1 rings (SSSR count). The number of hydrogen-bond acceptors (Lipinski definition) is 3. The lowest BCUT2D eigenvalue weighted by atomic mass is 10.1. The van der Waals surface area contributed by atoms with Crippen LogP contribution in [0.2, 0.25) is 0 Å². The van der Waals surface area contributed by atoms with E-state index in [4.69, 9.17) is 5.11 Å². The average molecular weight is 279 g/mol. The molecule has 6 nitrogen and oxygen atoms in total. The van der Waals surface area contributed by atoms with Crippen LogP contribution in [0.1, 0.15) is 49.3 Å². The van der Waals surface area contributed by atoms with Crippen molar-refractivity contribution in [1.82, 2.24) is 15.1 Å². The minimum absolute atomic E-state index is 0.239. The zero-order chi connectivity index (χ0) is 15.3. The minimum atomic E-state index is -1.06. The van der Waals surface area contributed by atoms with Gasteiger partial charge in [0.1, 0.15) is 11.7 Å². The fraction of sp³-hybridized carbons (Fsp3) is 0.500. The summed E-state index contributed by atoms with van der Waals surface area (Å²) in [5, 5.41) is 15.7. The first-order valence-corrected chi connectivity index (χ1v) is 6.55. The van der Waals surface area contributed by atoms with Gasteiger partial charge in [-0.2, -0.15) is 5.10 Å². The molecule has 1 heterocycles. The molecular weight excluding hydrogens is 258 g/mol. The summed E-state index contributed by atoms with van der Waals surface area (Å²) >= 11 is 0. The highest BCUT2D eigenvalue weighted by atomic mass is 16.4. The van der Waals surface area contributed by atoms with Crippen molar-refractivity contribution in [2.24, 2.45) is 7.05 Å². The Bertz CT molecular complexity index is 518. The number of hydrogen-bond donors (Lipinski definition) is 2. The van der Waals surface area contributed by atoms with Crippen LogP contribution in [0.4, 0.5) is 0 Å². The highest BCUT2D eigenvalue weighted by molar-refractivity contribution is 5.95. The summed E-state index contributed by atoms with van der Waals surface area (Å²) in [6, 6.07) is 0.748. The van der Waals surface area contributed by atoms with Gasteiger partial charge < -0.3 is 10.4 Å². The van der Waals surface area contributed by atoms with Gasteiger partial charge in [-0.3, -0.25) is 9.48 Å². The summed E-state index contributed by atoms with van der Waals surface area (Å²) in [4.78, 5) is 23.1. The maximum Gasteiger partial charge on any atom is 0.326 e. The Kier molecular flexibility index (Phi) is 5.49. The fourth-order valence-corrected chi connectivity index (χ4v) is 1.86. The summed E-state index contributed by atoms with van der Waals surface area (Å²) < 4.78 is 1.64. The summed E-state index contributed by atoms with van der Waals surface area (Å²) in [5.74, 6) is -1.28. The van der Waals surface area contributed by atoms with Crippen molar-refractivity contribution in [1.29, 1.82) is 0 Å². The number of aromatic nitrogens is 2. The van der Waals surface area contributed by atoms with Crippen LogP contribution in [0.3, 0.4) is 0 Å². The topological polar surface area (TPSA) is 84.2 Å². The van der Waals surface area contributed by atoms with Gasteiger partial charge in [-0.15, -0.1) is 0 Å². The van der Waals surface area contributed by atoms with Gasteiger partial charge in [-0.05, 0) is 25.3 Å². The Hall–Kier alpha value is -2.11. The Labute approximate surface area is 118 Å². The molecule has 1 atom stereocenters. The number of allylic oxidation sites excluding steroid dienone is 1. The number of carbonyl (C=O) groups excluding carboxylic acids is 1. The van der Waals surface area contributed by atoms with Crippen molar-refractivity contribution in [2.75, 3.05) is 0 Å². The molecule has 1 aromatic heterocycles. The Balaban J connectivity index is 2.83. The third-order valence-corrected chi connectivity index (χ3v) is 2.95. The van der Waals surface area contributed by atoms with Crippen LogP contribution < -0.4 is 5.32 Å². The normalized spacial score (nSPS) is 12.8. The van der Waals surface area contributed by atoms with Gasteiger partial charge in [0.25, 0.3) is 5.91 Å². The molecule has 0 bridgehead atoms. The van der Waals surface area contributed by atoms with Crippen molar-refractivity contribution in [3.8, 4) is 0 Å². The average Bonchev–Trinajstić information content (AvgIpc) is 2.76. The Morgan fingerprint density at radius 1 is 1.50 bits per heavy atom. The molecule has 2 N–H and O–H groups in total. The quantitative estimate of drug-likeness (QED) is 0.776. The van der Waals surface area contributed by atoms with Gasteiger partial charge in [-0.1, -0.05) is 26.0 Å². The van der Waals surface area contributed by atoms with Gasteiger partial charge in [0, 0.05) is 12.7 Å². The Morgan fingerprint density at radius 3 is 2.60 bits per heavy atom. The maximum absolute atomic E-state index is 12.0. The van der Waals surface area contributed by atoms with Crippen molar-refractivity contribution in [2.45, 2.75) is 39.2 Å². The largest absolute Gasteiger partial charge is 0.480 e. The van der Waals surface area contributed by atoms with Gasteiger partial charge in [0.15, 0.2) is 0 Å². The van der Waals surface area contributed by atoms with Crippen LogP contribution >= 0.6 is 0 Å². The number of nitrogens with zero attached hydrogens (tertiary/aromatic N) is 2. The van der Waals surface area contributed by atoms with Crippen LogP contribution in [0, 0.1) is 0 Å². The van der Waals surface area contributed by atoms with E-state index in [1.54, 1.807) is 36.9 Å². The van der Waals surface area contributed by atoms with Crippen LogP contribution in [0.25, 0.3) is 0 Å². The first kappa shape index (κ1) is 15.9. The van der Waals surface area contributed by atoms with Gasteiger partial charge in [0.05, 0.1) is 0 Å². The van der Waals surface area contributed by atoms with E-state index >= 15 is 0 Å². The first-order valence-electron chi connectivity index (χ1n) is 6.55. The van der Waals surface area contributed by atoms with Crippen LogP contribution in [-0.2, 0) is 11.8 Å². The van der Waals surface area contributed by atoms with Crippen LogP contribution in [-0.4, -0.2) is 32.8 Å². The monoisotopic (exact) mass is 279 g/mol. The standard InChI is InChI=1S/C14H21N3O3/c1-5-6-7-10(14(19)20)15-13(18)11-8-12(9(2)3)17(4)16-11/h5-6,8-10H,7H2,1-4H3,(H,15,18)(H,19,20)/b6-5+. The fourth-order valence-electron chi connectivity index (χ4n) is 1.86. The molecule has 0 saturated heterocycles. The van der Waals surface area contributed by atoms with E-state index in [0.29, 0.717) is 0 Å². The first-order chi connectivity index (χ1) is 9.36. The third kappa shape index (κ3) is 3.94. The van der Waals surface area contributed by atoms with Crippen molar-refractivity contribution < 1.29 is 14.7 Å². The molecule has 1 amide bonds. The molecule has 0 saturated carbocycles. The number of nitrogens with one attached hydrogen (secondary N) is 1. The van der Waals surface area contributed by atoms with Crippen LogP contribution in [0.15, 0.2) is 18.2 Å². The van der Waals surface area contributed by atoms with Gasteiger partial charge >= 0.3 is 5.97 Å². The van der Waals surface area contributed by atoms with E-state index in [-0.39, 0.29) is 18.0 Å². The molecule has 0 aromatic carbocycles. The molecule has 0 aliphatic heterocycles. The molecule has 110 valence electrons. The van der Waals surface area contributed by atoms with E-state index in [9.17, 15) is 9.59 Å². The summed E-state index contributed by atoms with van der Waals surface area (Å²) in [6.07, 6.45) is 3.71. The molecule has 0 aliphatic carbocycles. The molecule has 0 radical (unpaired) electrons. The second-order valence-electron chi connectivity index (χ2n) is 4.90. The lowest BCUT2D eigenvalue weighted by Gasteiger charge is -2.11. The van der Waals surface area contributed by atoms with E-state index in [2.05, 4.69) is 10.4 Å². The van der Waals surface area contributed by atoms with Crippen molar-refractivity contribution in [3.63, 3.8) is 0 Å². The molecule has 1 unspecified atom stereocenters. The summed E-state index contributed by atoms with van der Waals surface area (Å²) in [6.45, 7) is 5.81. The second kappa shape index (κ2) is 6.88. The third-order valence-electron chi connectivity index (χ3n) is 2.95. The van der Waals surface area contributed by atoms with Crippen molar-refractivity contribution in [3.05, 3.63) is 29.6 Å². The van der Waals surface area contributed by atoms with Crippen LogP contribution in [0.5, 0.6) is 0 Å². The minimum Gasteiger partial charge on any atom is -0.480 e. The molecule has 0 aliphatic rings. The number of aliphatic carboxylic acids is 1. The molecule has 0 fully saturated rings. The highest BCUT2D eigenvalue weighted by Crippen LogP contribution is 2.14. The predicted octanol–water partition coefficient (Wildman–Crippen LogP) is 1.69. The molecule has 0 spiro atoms. The summed E-state index contributed by atoms with van der Waals surface area (Å²) in [7, 11) is 1.76. The SMILES string of the molecule is C/C=C/CC(NC(=O)c1cc(C(C)C)n(C)n1)C(=O)O. The van der Waals surface area contributed by atoms with Gasteiger partial charge in [-0.25, -0.2) is 4.79 Å². The predicted molar refractivity (Wildman–Crippen MR) is 75.6 cm³/mol. The number of aryl methyl sites for hydroxylation is 1. The number of amides is 1. The smallest absolute Gasteiger partial charge is 0.326 e. The molecule has 20 heavy (non-hydrogen) atoms. The van der Waals surface area contributed by atoms with Crippen molar-refractivity contribution >= 4 is 11.9 Å². The van der Waals surface area contributed by atoms with Gasteiger partial charge in [0.2, 0.25) is 0 Å². The van der Waals surface area contributed by atoms with E-state index in [1.165, 1.54) is 0 Å². The zero-order valence-electron chi connectivity index (χ0n) is 12.3.